The molecule has 25 heavy (non-hydrogen) atoms. The van der Waals surface area contributed by atoms with Crippen LogP contribution in [0, 0.1) is 0 Å². The van der Waals surface area contributed by atoms with Gasteiger partial charge in [-0.3, -0.25) is 4.98 Å². The Morgan fingerprint density at radius 3 is 2.56 bits per heavy atom. The lowest BCUT2D eigenvalue weighted by molar-refractivity contribution is 0.171. The van der Waals surface area contributed by atoms with Crippen LogP contribution >= 0.6 is 0 Å². The van der Waals surface area contributed by atoms with Crippen LogP contribution in [0.2, 0.25) is 0 Å². The van der Waals surface area contributed by atoms with Crippen LogP contribution in [0.15, 0.2) is 55.0 Å². The van der Waals surface area contributed by atoms with Gasteiger partial charge in [-0.15, -0.1) is 5.10 Å². The summed E-state index contributed by atoms with van der Waals surface area (Å²) < 4.78 is 12.9. The van der Waals surface area contributed by atoms with Crippen molar-refractivity contribution in [2.45, 2.75) is 0 Å². The molecule has 0 N–H and O–H groups in total. The van der Waals surface area contributed by atoms with E-state index in [9.17, 15) is 0 Å². The molecule has 0 amide bonds. The fraction of sp³-hybridized carbons (Fsp3) is 0.111. The Morgan fingerprint density at radius 2 is 1.68 bits per heavy atom. The van der Waals surface area contributed by atoms with E-state index in [-0.39, 0.29) is 0 Å². The zero-order chi connectivity index (χ0) is 16.6. The molecule has 4 heterocycles. The molecular formula is C18H13N5O2. The molecular weight excluding hydrogens is 318 g/mol. The molecule has 122 valence electrons. The molecule has 0 saturated carbocycles. The van der Waals surface area contributed by atoms with Crippen molar-refractivity contribution in [2.75, 3.05) is 13.2 Å². The van der Waals surface area contributed by atoms with Gasteiger partial charge in [0.25, 0.3) is 5.78 Å². The molecule has 4 aromatic rings. The quantitative estimate of drug-likeness (QED) is 0.562. The van der Waals surface area contributed by atoms with Gasteiger partial charge in [-0.05, 0) is 36.4 Å². The van der Waals surface area contributed by atoms with E-state index in [1.165, 1.54) is 0 Å². The number of aromatic nitrogens is 5. The van der Waals surface area contributed by atoms with Crippen LogP contribution in [0.1, 0.15) is 0 Å². The Morgan fingerprint density at radius 1 is 0.840 bits per heavy atom. The van der Waals surface area contributed by atoms with E-state index in [2.05, 4.69) is 20.1 Å². The van der Waals surface area contributed by atoms with Crippen molar-refractivity contribution in [1.29, 1.82) is 0 Å². The smallest absolute Gasteiger partial charge is 0.253 e. The number of nitrogens with zero attached hydrogens (tertiary/aromatic N) is 5. The minimum absolute atomic E-state index is 0.541. The first kappa shape index (κ1) is 13.9. The number of fused-ring (bicyclic) bond motifs is 2. The molecule has 0 fully saturated rings. The number of ether oxygens (including phenoxy) is 2. The zero-order valence-electron chi connectivity index (χ0n) is 13.2. The maximum atomic E-state index is 5.64. The van der Waals surface area contributed by atoms with Gasteiger partial charge in [0.2, 0.25) is 0 Å². The van der Waals surface area contributed by atoms with E-state index < -0.39 is 0 Å². The SMILES string of the molecule is c1cc(-c2ccnc3nc(-c4ccc5c(c4)OCCO5)nn23)ccn1. The topological polar surface area (TPSA) is 74.4 Å². The molecule has 5 rings (SSSR count). The summed E-state index contributed by atoms with van der Waals surface area (Å²) in [7, 11) is 0. The first-order valence-electron chi connectivity index (χ1n) is 7.91. The van der Waals surface area contributed by atoms with Crippen LogP contribution in [-0.4, -0.2) is 37.8 Å². The van der Waals surface area contributed by atoms with Gasteiger partial charge in [-0.25, -0.2) is 4.98 Å². The summed E-state index contributed by atoms with van der Waals surface area (Å²) in [5, 5.41) is 4.63. The van der Waals surface area contributed by atoms with Crippen LogP contribution in [-0.2, 0) is 0 Å². The fourth-order valence-electron chi connectivity index (χ4n) is 2.84. The highest BCUT2D eigenvalue weighted by molar-refractivity contribution is 5.65. The van der Waals surface area contributed by atoms with Gasteiger partial charge in [0.1, 0.15) is 13.2 Å². The standard InChI is InChI=1S/C18H13N5O2/c1-2-15-16(25-10-9-24-15)11-13(1)17-21-18-20-8-5-14(23(18)22-17)12-3-6-19-7-4-12/h1-8,11H,9-10H2. The highest BCUT2D eigenvalue weighted by Gasteiger charge is 2.16. The monoisotopic (exact) mass is 331 g/mol. The van der Waals surface area contributed by atoms with Gasteiger partial charge >= 0.3 is 0 Å². The third-order valence-electron chi connectivity index (χ3n) is 4.02. The molecule has 0 aliphatic carbocycles. The molecule has 0 saturated heterocycles. The Hall–Kier alpha value is -3.48. The molecule has 0 unspecified atom stereocenters. The number of hydrogen-bond acceptors (Lipinski definition) is 6. The summed E-state index contributed by atoms with van der Waals surface area (Å²) in [4.78, 5) is 12.9. The Balaban J connectivity index is 1.64. The first-order valence-corrected chi connectivity index (χ1v) is 7.91. The van der Waals surface area contributed by atoms with E-state index in [1.54, 1.807) is 23.1 Å². The molecule has 0 spiro atoms. The second-order valence-corrected chi connectivity index (χ2v) is 5.57. The summed E-state index contributed by atoms with van der Waals surface area (Å²) in [6, 6.07) is 11.5. The van der Waals surface area contributed by atoms with Gasteiger partial charge in [0.15, 0.2) is 17.3 Å². The van der Waals surface area contributed by atoms with Crippen molar-refractivity contribution in [3.05, 3.63) is 55.0 Å². The average molecular weight is 331 g/mol. The molecule has 0 bridgehead atoms. The summed E-state index contributed by atoms with van der Waals surface area (Å²) in [6.07, 6.45) is 5.23. The third-order valence-corrected chi connectivity index (χ3v) is 4.02. The van der Waals surface area contributed by atoms with Gasteiger partial charge in [-0.1, -0.05) is 0 Å². The second-order valence-electron chi connectivity index (χ2n) is 5.57. The van der Waals surface area contributed by atoms with Crippen LogP contribution in [0.5, 0.6) is 11.5 Å². The van der Waals surface area contributed by atoms with Crippen molar-refractivity contribution in [2.24, 2.45) is 0 Å². The van der Waals surface area contributed by atoms with E-state index in [0.29, 0.717) is 30.6 Å². The van der Waals surface area contributed by atoms with Crippen LogP contribution in [0.25, 0.3) is 28.4 Å². The number of pyridine rings is 1. The van der Waals surface area contributed by atoms with E-state index in [0.717, 1.165) is 22.6 Å². The largest absolute Gasteiger partial charge is 0.486 e. The number of rotatable bonds is 2. The average Bonchev–Trinajstić information content (AvgIpc) is 3.12. The second kappa shape index (κ2) is 5.55. The molecule has 1 aromatic carbocycles. The maximum Gasteiger partial charge on any atom is 0.253 e. The lowest BCUT2D eigenvalue weighted by atomic mass is 10.2. The molecule has 7 heteroatoms. The summed E-state index contributed by atoms with van der Waals surface area (Å²) in [5.74, 6) is 2.59. The van der Waals surface area contributed by atoms with Crippen molar-refractivity contribution < 1.29 is 9.47 Å². The highest BCUT2D eigenvalue weighted by atomic mass is 16.6. The number of hydrogen-bond donors (Lipinski definition) is 0. The van der Waals surface area contributed by atoms with E-state index in [4.69, 9.17) is 9.47 Å². The van der Waals surface area contributed by atoms with E-state index in [1.807, 2.05) is 36.4 Å². The summed E-state index contributed by atoms with van der Waals surface area (Å²) in [5.41, 5.74) is 2.76. The van der Waals surface area contributed by atoms with Crippen LogP contribution in [0.3, 0.4) is 0 Å². The Bertz CT molecular complexity index is 1060. The van der Waals surface area contributed by atoms with Gasteiger partial charge in [0.05, 0.1) is 5.69 Å². The van der Waals surface area contributed by atoms with Crippen LogP contribution < -0.4 is 9.47 Å². The minimum Gasteiger partial charge on any atom is -0.486 e. The van der Waals surface area contributed by atoms with Crippen molar-refractivity contribution in [1.82, 2.24) is 24.6 Å². The van der Waals surface area contributed by atoms with Crippen LogP contribution in [0.4, 0.5) is 0 Å². The predicted octanol–water partition coefficient (Wildman–Crippen LogP) is 2.62. The molecule has 1 aliphatic rings. The van der Waals surface area contributed by atoms with Gasteiger partial charge in [-0.2, -0.15) is 9.50 Å². The zero-order valence-corrected chi connectivity index (χ0v) is 13.2. The lowest BCUT2D eigenvalue weighted by Crippen LogP contribution is -2.15. The molecule has 0 radical (unpaired) electrons. The first-order chi connectivity index (χ1) is 12.4. The number of benzene rings is 1. The normalized spacial score (nSPS) is 13.1. The minimum atomic E-state index is 0.541. The Labute approximate surface area is 142 Å². The molecule has 3 aromatic heterocycles. The summed E-state index contributed by atoms with van der Waals surface area (Å²) >= 11 is 0. The van der Waals surface area contributed by atoms with E-state index >= 15 is 0 Å². The highest BCUT2D eigenvalue weighted by Crippen LogP contribution is 2.33. The van der Waals surface area contributed by atoms with Gasteiger partial charge < -0.3 is 9.47 Å². The van der Waals surface area contributed by atoms with Crippen molar-refractivity contribution in [3.63, 3.8) is 0 Å². The third kappa shape index (κ3) is 2.37. The summed E-state index contributed by atoms with van der Waals surface area (Å²) in [6.45, 7) is 1.11. The van der Waals surface area contributed by atoms with Crippen molar-refractivity contribution >= 4 is 5.78 Å². The Kier molecular flexibility index (Phi) is 3.09. The molecule has 1 aliphatic heterocycles. The predicted molar refractivity (Wildman–Crippen MR) is 90.4 cm³/mol. The van der Waals surface area contributed by atoms with Gasteiger partial charge in [0, 0.05) is 29.7 Å². The maximum absolute atomic E-state index is 5.64. The van der Waals surface area contributed by atoms with Crippen molar-refractivity contribution in [3.8, 4) is 34.1 Å². The molecule has 7 nitrogen and oxygen atoms in total. The fourth-order valence-corrected chi connectivity index (χ4v) is 2.84. The lowest BCUT2D eigenvalue weighted by Gasteiger charge is -2.18. The molecule has 0 atom stereocenters.